The molecule has 0 saturated carbocycles. The van der Waals surface area contributed by atoms with E-state index in [-0.39, 0.29) is 11.4 Å². The molecular formula is C16H16ClO2PS. The maximum absolute atomic E-state index is 12.5. The van der Waals surface area contributed by atoms with E-state index >= 15 is 0 Å². The number of hydrogen-bond donors (Lipinski definition) is 0. The minimum absolute atomic E-state index is 0.114. The maximum Gasteiger partial charge on any atom is 0.347 e. The summed E-state index contributed by atoms with van der Waals surface area (Å²) in [5.41, 5.74) is 2.19. The average molecular weight is 339 g/mol. The van der Waals surface area contributed by atoms with Crippen LogP contribution in [0.15, 0.2) is 60.7 Å². The Morgan fingerprint density at radius 2 is 1.52 bits per heavy atom. The van der Waals surface area contributed by atoms with Crippen LogP contribution in [0.3, 0.4) is 0 Å². The zero-order valence-corrected chi connectivity index (χ0v) is 13.9. The Balaban J connectivity index is 1.84. The highest BCUT2D eigenvalue weighted by molar-refractivity contribution is 8.63. The summed E-state index contributed by atoms with van der Waals surface area (Å²) in [6, 6.07) is 20.0. The zero-order valence-electron chi connectivity index (χ0n) is 11.4. The highest BCUT2D eigenvalue weighted by atomic mass is 35.7. The normalized spacial score (nSPS) is 29.8. The van der Waals surface area contributed by atoms with Crippen LogP contribution >= 0.6 is 28.5 Å². The average Bonchev–Trinajstić information content (AvgIpc) is 2.67. The van der Waals surface area contributed by atoms with Crippen LogP contribution in [0.1, 0.15) is 35.3 Å². The first-order valence-corrected chi connectivity index (χ1v) is 10.9. The summed E-state index contributed by atoms with van der Waals surface area (Å²) in [6.45, 7) is 0. The number of rotatable bonds is 2. The summed E-state index contributed by atoms with van der Waals surface area (Å²) in [5.74, 6) is -3.18. The maximum atomic E-state index is 12.5. The lowest BCUT2D eigenvalue weighted by Gasteiger charge is -2.17. The summed E-state index contributed by atoms with van der Waals surface area (Å²) in [4.78, 5) is 0. The molecule has 1 heterocycles. The Bertz CT molecular complexity index is 582. The molecule has 0 amide bonds. The van der Waals surface area contributed by atoms with Gasteiger partial charge in [0.05, 0.1) is 6.10 Å². The third kappa shape index (κ3) is 3.92. The Labute approximate surface area is 133 Å². The number of halogens is 1. The van der Waals surface area contributed by atoms with Gasteiger partial charge in [-0.1, -0.05) is 60.7 Å². The molecule has 2 nitrogen and oxygen atoms in total. The van der Waals surface area contributed by atoms with Crippen molar-refractivity contribution in [1.29, 1.82) is 0 Å². The van der Waals surface area contributed by atoms with Crippen molar-refractivity contribution in [3.63, 3.8) is 0 Å². The van der Waals surface area contributed by atoms with Crippen LogP contribution in [0.4, 0.5) is 0 Å². The highest BCUT2D eigenvalue weighted by Crippen LogP contribution is 2.73. The topological polar surface area (TPSA) is 26.3 Å². The molecule has 21 heavy (non-hydrogen) atoms. The van der Waals surface area contributed by atoms with Gasteiger partial charge in [-0.3, -0.25) is 4.57 Å². The summed E-state index contributed by atoms with van der Waals surface area (Å²) in [5, 5.41) is 0.114. The van der Waals surface area contributed by atoms with Gasteiger partial charge in [0.2, 0.25) is 0 Å². The molecule has 0 aromatic heterocycles. The first kappa shape index (κ1) is 15.2. The molecule has 0 radical (unpaired) electrons. The van der Waals surface area contributed by atoms with Gasteiger partial charge in [-0.05, 0) is 46.6 Å². The minimum atomic E-state index is -3.18. The Hall–Kier alpha value is -0.730. The first-order chi connectivity index (χ1) is 10.1. The third-order valence-electron chi connectivity index (χ3n) is 3.54. The molecule has 2 aromatic carbocycles. The van der Waals surface area contributed by atoms with Crippen molar-refractivity contribution in [1.82, 2.24) is 0 Å². The lowest BCUT2D eigenvalue weighted by atomic mass is 10.0. The van der Waals surface area contributed by atoms with Crippen molar-refractivity contribution < 1.29 is 9.09 Å². The van der Waals surface area contributed by atoms with E-state index in [0.717, 1.165) is 24.0 Å². The van der Waals surface area contributed by atoms with E-state index in [9.17, 15) is 4.57 Å². The molecule has 0 aliphatic carbocycles. The van der Waals surface area contributed by atoms with Crippen molar-refractivity contribution in [2.75, 3.05) is 0 Å². The lowest BCUT2D eigenvalue weighted by Crippen LogP contribution is -1.99. The quantitative estimate of drug-likeness (QED) is 0.596. The van der Waals surface area contributed by atoms with Crippen molar-refractivity contribution >= 4 is 28.5 Å². The molecule has 1 unspecified atom stereocenters. The van der Waals surface area contributed by atoms with Gasteiger partial charge in [-0.2, -0.15) is 0 Å². The fourth-order valence-corrected chi connectivity index (χ4v) is 7.14. The summed E-state index contributed by atoms with van der Waals surface area (Å²) in [7, 11) is 0. The van der Waals surface area contributed by atoms with Gasteiger partial charge in [0.25, 0.3) is 0 Å². The highest BCUT2D eigenvalue weighted by Gasteiger charge is 2.35. The SMILES string of the molecule is O=P1(Cl)O[C@@H](c2ccccc2)CC[C@@H](c2ccccc2)S1. The van der Waals surface area contributed by atoms with Crippen molar-refractivity contribution in [2.45, 2.75) is 24.2 Å². The Morgan fingerprint density at radius 3 is 2.14 bits per heavy atom. The van der Waals surface area contributed by atoms with Crippen molar-refractivity contribution in [3.8, 4) is 0 Å². The van der Waals surface area contributed by atoms with Crippen LogP contribution < -0.4 is 0 Å². The van der Waals surface area contributed by atoms with Gasteiger partial charge in [-0.25, -0.2) is 0 Å². The van der Waals surface area contributed by atoms with Gasteiger partial charge in [0.1, 0.15) is 0 Å². The molecule has 1 fully saturated rings. The molecule has 110 valence electrons. The fourth-order valence-electron chi connectivity index (χ4n) is 2.53. The van der Waals surface area contributed by atoms with Gasteiger partial charge >= 0.3 is 5.92 Å². The Morgan fingerprint density at radius 1 is 0.952 bits per heavy atom. The minimum Gasteiger partial charge on any atom is -0.302 e. The summed E-state index contributed by atoms with van der Waals surface area (Å²) >= 11 is 7.42. The van der Waals surface area contributed by atoms with E-state index in [1.165, 1.54) is 11.4 Å². The van der Waals surface area contributed by atoms with E-state index in [2.05, 4.69) is 12.1 Å². The third-order valence-corrected chi connectivity index (χ3v) is 7.79. The molecule has 0 bridgehead atoms. The molecule has 0 N–H and O–H groups in total. The molecular weight excluding hydrogens is 323 g/mol. The zero-order chi connectivity index (χ0) is 14.7. The molecule has 1 saturated heterocycles. The monoisotopic (exact) mass is 338 g/mol. The van der Waals surface area contributed by atoms with Gasteiger partial charge in [0.15, 0.2) is 0 Å². The summed E-state index contributed by atoms with van der Waals surface area (Å²) in [6.07, 6.45) is 1.51. The van der Waals surface area contributed by atoms with Crippen LogP contribution in [-0.4, -0.2) is 0 Å². The van der Waals surface area contributed by atoms with Crippen LogP contribution in [0.2, 0.25) is 0 Å². The Kier molecular flexibility index (Phi) is 4.75. The van der Waals surface area contributed by atoms with E-state index in [4.69, 9.17) is 15.8 Å². The molecule has 5 heteroatoms. The summed E-state index contributed by atoms with van der Waals surface area (Å²) < 4.78 is 18.2. The van der Waals surface area contributed by atoms with E-state index in [1.54, 1.807) is 0 Å². The van der Waals surface area contributed by atoms with Crippen molar-refractivity contribution in [2.24, 2.45) is 0 Å². The molecule has 3 rings (SSSR count). The lowest BCUT2D eigenvalue weighted by molar-refractivity contribution is 0.211. The van der Waals surface area contributed by atoms with Crippen molar-refractivity contribution in [3.05, 3.63) is 71.8 Å². The second-order valence-corrected chi connectivity index (χ2v) is 10.9. The number of hydrogen-bond acceptors (Lipinski definition) is 3. The standard InChI is InChI=1S/C16H16ClO2PS/c17-20(18)19-15(13-7-3-1-4-8-13)11-12-16(21-20)14-9-5-2-6-10-14/h1-10,15-16H,11-12H2/t15-,16+,20?/m1/s1. The molecule has 3 atom stereocenters. The van der Waals surface area contributed by atoms with Crippen LogP contribution in [-0.2, 0) is 9.09 Å². The molecule has 1 aliphatic heterocycles. The molecule has 1 aliphatic rings. The molecule has 0 spiro atoms. The van der Waals surface area contributed by atoms with Crippen LogP contribution in [0.5, 0.6) is 0 Å². The van der Waals surface area contributed by atoms with E-state index in [1.807, 2.05) is 48.5 Å². The number of benzene rings is 2. The molecule has 2 aromatic rings. The van der Waals surface area contributed by atoms with Crippen LogP contribution in [0.25, 0.3) is 0 Å². The van der Waals surface area contributed by atoms with Gasteiger partial charge in [-0.15, -0.1) is 0 Å². The van der Waals surface area contributed by atoms with E-state index < -0.39 is 5.92 Å². The van der Waals surface area contributed by atoms with Crippen LogP contribution in [0, 0.1) is 0 Å². The van der Waals surface area contributed by atoms with E-state index in [0.29, 0.717) is 0 Å². The first-order valence-electron chi connectivity index (χ1n) is 6.90. The second kappa shape index (κ2) is 6.58. The predicted octanol–water partition coefficient (Wildman–Crippen LogP) is 6.36. The second-order valence-electron chi connectivity index (χ2n) is 5.02. The fraction of sp³-hybridized carbons (Fsp3) is 0.250. The van der Waals surface area contributed by atoms with Gasteiger partial charge in [0, 0.05) is 5.25 Å². The predicted molar refractivity (Wildman–Crippen MR) is 89.7 cm³/mol. The smallest absolute Gasteiger partial charge is 0.302 e. The van der Waals surface area contributed by atoms with Gasteiger partial charge < -0.3 is 4.52 Å². The largest absolute Gasteiger partial charge is 0.347 e.